The standard InChI is InChI=1S/C21H22N2O3/c1-25-20-9-5-3-7-17(20)18-13-22-10-11-23(18)21(24)16-12-15-6-2-4-8-19(15)26-14-16/h2-9,12,18,22H,10-11,13-14H2,1H3. The molecule has 0 spiro atoms. The summed E-state index contributed by atoms with van der Waals surface area (Å²) >= 11 is 0. The maximum atomic E-state index is 13.3. The van der Waals surface area contributed by atoms with Crippen molar-refractivity contribution in [3.05, 3.63) is 65.2 Å². The average Bonchev–Trinajstić information content (AvgIpc) is 2.73. The van der Waals surface area contributed by atoms with Crippen molar-refractivity contribution in [2.24, 2.45) is 0 Å². The molecule has 0 bridgehead atoms. The second-order valence-corrected chi connectivity index (χ2v) is 6.46. The van der Waals surface area contributed by atoms with Crippen molar-refractivity contribution < 1.29 is 14.3 Å². The van der Waals surface area contributed by atoms with Crippen LogP contribution in [0.25, 0.3) is 6.08 Å². The highest BCUT2D eigenvalue weighted by molar-refractivity contribution is 5.99. The molecule has 2 aliphatic heterocycles. The van der Waals surface area contributed by atoms with Crippen LogP contribution in [-0.4, -0.2) is 44.2 Å². The topological polar surface area (TPSA) is 50.8 Å². The first-order chi connectivity index (χ1) is 12.8. The fourth-order valence-corrected chi connectivity index (χ4v) is 3.59. The number of para-hydroxylation sites is 2. The number of ether oxygens (including phenoxy) is 2. The van der Waals surface area contributed by atoms with Crippen LogP contribution >= 0.6 is 0 Å². The van der Waals surface area contributed by atoms with E-state index in [0.29, 0.717) is 25.3 Å². The molecule has 26 heavy (non-hydrogen) atoms. The Morgan fingerprint density at radius 3 is 2.88 bits per heavy atom. The third-order valence-electron chi connectivity index (χ3n) is 4.91. The summed E-state index contributed by atoms with van der Waals surface area (Å²) in [6.07, 6.45) is 1.95. The number of amides is 1. The molecule has 0 aromatic heterocycles. The van der Waals surface area contributed by atoms with Crippen LogP contribution in [0.2, 0.25) is 0 Å². The molecule has 5 nitrogen and oxygen atoms in total. The van der Waals surface area contributed by atoms with Crippen LogP contribution in [0.5, 0.6) is 11.5 Å². The number of hydrogen-bond acceptors (Lipinski definition) is 4. The predicted octanol–water partition coefficient (Wildman–Crippen LogP) is 2.64. The Balaban J connectivity index is 1.65. The molecule has 1 N–H and O–H groups in total. The summed E-state index contributed by atoms with van der Waals surface area (Å²) in [4.78, 5) is 15.2. The van der Waals surface area contributed by atoms with E-state index in [1.165, 1.54) is 0 Å². The van der Waals surface area contributed by atoms with E-state index in [1.54, 1.807) is 7.11 Å². The average molecular weight is 350 g/mol. The first-order valence-electron chi connectivity index (χ1n) is 8.85. The largest absolute Gasteiger partial charge is 0.496 e. The summed E-state index contributed by atoms with van der Waals surface area (Å²) in [6, 6.07) is 15.6. The highest BCUT2D eigenvalue weighted by Crippen LogP contribution is 2.32. The lowest BCUT2D eigenvalue weighted by Crippen LogP contribution is -2.49. The van der Waals surface area contributed by atoms with Crippen molar-refractivity contribution in [3.8, 4) is 11.5 Å². The molecule has 2 aromatic carbocycles. The Morgan fingerprint density at radius 1 is 1.19 bits per heavy atom. The van der Waals surface area contributed by atoms with Crippen molar-refractivity contribution >= 4 is 12.0 Å². The van der Waals surface area contributed by atoms with Gasteiger partial charge in [0.25, 0.3) is 5.91 Å². The van der Waals surface area contributed by atoms with E-state index in [-0.39, 0.29) is 11.9 Å². The minimum atomic E-state index is -0.0644. The van der Waals surface area contributed by atoms with Gasteiger partial charge in [0.15, 0.2) is 0 Å². The lowest BCUT2D eigenvalue weighted by Gasteiger charge is -2.38. The monoisotopic (exact) mass is 350 g/mol. The van der Waals surface area contributed by atoms with E-state index in [9.17, 15) is 4.79 Å². The molecule has 134 valence electrons. The zero-order valence-corrected chi connectivity index (χ0v) is 14.8. The molecule has 0 radical (unpaired) electrons. The van der Waals surface area contributed by atoms with Gasteiger partial charge in [-0.25, -0.2) is 0 Å². The van der Waals surface area contributed by atoms with Crippen LogP contribution < -0.4 is 14.8 Å². The molecule has 2 aromatic rings. The van der Waals surface area contributed by atoms with Crippen molar-refractivity contribution in [2.45, 2.75) is 6.04 Å². The molecule has 1 amide bonds. The highest BCUT2D eigenvalue weighted by Gasteiger charge is 2.32. The summed E-state index contributed by atoms with van der Waals surface area (Å²) < 4.78 is 11.3. The Kier molecular flexibility index (Phi) is 4.63. The predicted molar refractivity (Wildman–Crippen MR) is 100 cm³/mol. The second kappa shape index (κ2) is 7.22. The molecule has 1 saturated heterocycles. The van der Waals surface area contributed by atoms with Gasteiger partial charge >= 0.3 is 0 Å². The Bertz CT molecular complexity index is 847. The number of nitrogens with zero attached hydrogens (tertiary/aromatic N) is 1. The van der Waals surface area contributed by atoms with E-state index in [0.717, 1.165) is 29.2 Å². The van der Waals surface area contributed by atoms with Gasteiger partial charge in [0.05, 0.1) is 18.7 Å². The van der Waals surface area contributed by atoms with Crippen LogP contribution in [0, 0.1) is 0 Å². The van der Waals surface area contributed by atoms with Crippen LogP contribution in [0.3, 0.4) is 0 Å². The van der Waals surface area contributed by atoms with Crippen molar-refractivity contribution in [3.63, 3.8) is 0 Å². The van der Waals surface area contributed by atoms with Gasteiger partial charge in [0, 0.05) is 30.8 Å². The second-order valence-electron chi connectivity index (χ2n) is 6.46. The molecular weight excluding hydrogens is 328 g/mol. The maximum absolute atomic E-state index is 13.3. The summed E-state index contributed by atoms with van der Waals surface area (Å²) in [7, 11) is 1.66. The van der Waals surface area contributed by atoms with Gasteiger partial charge in [-0.1, -0.05) is 36.4 Å². The molecule has 1 fully saturated rings. The van der Waals surface area contributed by atoms with Gasteiger partial charge in [0.2, 0.25) is 0 Å². The maximum Gasteiger partial charge on any atom is 0.253 e. The normalized spacial score (nSPS) is 19.2. The lowest BCUT2D eigenvalue weighted by molar-refractivity contribution is -0.130. The van der Waals surface area contributed by atoms with Crippen LogP contribution in [0.4, 0.5) is 0 Å². The van der Waals surface area contributed by atoms with Gasteiger partial charge in [-0.05, 0) is 18.2 Å². The summed E-state index contributed by atoms with van der Waals surface area (Å²) in [5, 5.41) is 3.39. The van der Waals surface area contributed by atoms with Crippen molar-refractivity contribution in [1.29, 1.82) is 0 Å². The number of carbonyl (C=O) groups excluding carboxylic acids is 1. The Labute approximate surface area is 153 Å². The van der Waals surface area contributed by atoms with E-state index in [4.69, 9.17) is 9.47 Å². The van der Waals surface area contributed by atoms with E-state index < -0.39 is 0 Å². The van der Waals surface area contributed by atoms with Gasteiger partial charge < -0.3 is 19.7 Å². The number of hydrogen-bond donors (Lipinski definition) is 1. The first-order valence-corrected chi connectivity index (χ1v) is 8.85. The molecule has 0 saturated carbocycles. The SMILES string of the molecule is COc1ccccc1C1CNCCN1C(=O)C1=Cc2ccccc2OC1. The third-order valence-corrected chi connectivity index (χ3v) is 4.91. The van der Waals surface area contributed by atoms with Crippen molar-refractivity contribution in [2.75, 3.05) is 33.4 Å². The number of fused-ring (bicyclic) bond motifs is 1. The highest BCUT2D eigenvalue weighted by atomic mass is 16.5. The number of rotatable bonds is 3. The summed E-state index contributed by atoms with van der Waals surface area (Å²) in [5.74, 6) is 1.65. The molecule has 2 aliphatic rings. The number of benzene rings is 2. The molecule has 2 heterocycles. The zero-order valence-electron chi connectivity index (χ0n) is 14.8. The fourth-order valence-electron chi connectivity index (χ4n) is 3.59. The van der Waals surface area contributed by atoms with Crippen LogP contribution in [0.1, 0.15) is 17.2 Å². The van der Waals surface area contributed by atoms with Gasteiger partial charge in [-0.2, -0.15) is 0 Å². The van der Waals surface area contributed by atoms with E-state index in [2.05, 4.69) is 5.32 Å². The lowest BCUT2D eigenvalue weighted by atomic mass is 10.00. The minimum absolute atomic E-state index is 0.0249. The van der Waals surface area contributed by atoms with Crippen LogP contribution in [-0.2, 0) is 4.79 Å². The first kappa shape index (κ1) is 16.7. The smallest absolute Gasteiger partial charge is 0.253 e. The number of piperazine rings is 1. The molecule has 1 unspecified atom stereocenters. The zero-order chi connectivity index (χ0) is 17.9. The van der Waals surface area contributed by atoms with Gasteiger partial charge in [-0.3, -0.25) is 4.79 Å². The quantitative estimate of drug-likeness (QED) is 0.925. The number of methoxy groups -OCH3 is 1. The van der Waals surface area contributed by atoms with E-state index >= 15 is 0 Å². The minimum Gasteiger partial charge on any atom is -0.496 e. The third kappa shape index (κ3) is 3.06. The molecular formula is C21H22N2O3. The molecule has 0 aliphatic carbocycles. The van der Waals surface area contributed by atoms with Gasteiger partial charge in [-0.15, -0.1) is 0 Å². The number of carbonyl (C=O) groups is 1. The molecule has 5 heteroatoms. The number of nitrogens with one attached hydrogen (secondary N) is 1. The van der Waals surface area contributed by atoms with Gasteiger partial charge in [0.1, 0.15) is 18.1 Å². The van der Waals surface area contributed by atoms with Crippen molar-refractivity contribution in [1.82, 2.24) is 10.2 Å². The Hall–Kier alpha value is -2.79. The summed E-state index contributed by atoms with van der Waals surface area (Å²) in [5.41, 5.74) is 2.66. The molecule has 1 atom stereocenters. The fraction of sp³-hybridized carbons (Fsp3) is 0.286. The Morgan fingerprint density at radius 2 is 2.00 bits per heavy atom. The van der Waals surface area contributed by atoms with E-state index in [1.807, 2.05) is 59.5 Å². The van der Waals surface area contributed by atoms with Crippen LogP contribution in [0.15, 0.2) is 54.1 Å². The summed E-state index contributed by atoms with van der Waals surface area (Å²) in [6.45, 7) is 2.44. The molecule has 4 rings (SSSR count).